The summed E-state index contributed by atoms with van der Waals surface area (Å²) < 4.78 is 25.9. The fourth-order valence-electron chi connectivity index (χ4n) is 4.81. The maximum atomic E-state index is 12.0. The Labute approximate surface area is 376 Å². The van der Waals surface area contributed by atoms with E-state index in [2.05, 4.69) is 23.3 Å². The van der Waals surface area contributed by atoms with Crippen molar-refractivity contribution in [2.75, 3.05) is 52.1 Å². The molecule has 0 aromatic rings. The Morgan fingerprint density at radius 3 is 1.29 bits per heavy atom. The zero-order valence-corrected chi connectivity index (χ0v) is 38.2. The summed E-state index contributed by atoms with van der Waals surface area (Å²) in [5, 5.41) is 18.3. The Morgan fingerprint density at radius 1 is 0.672 bits per heavy atom. The van der Waals surface area contributed by atoms with Crippen molar-refractivity contribution in [1.82, 2.24) is 0 Å². The molecule has 0 saturated carbocycles. The molecule has 2 N–H and O–H groups in total. The summed E-state index contributed by atoms with van der Waals surface area (Å²) in [4.78, 5) is 44.6. The van der Waals surface area contributed by atoms with Crippen molar-refractivity contribution < 1.29 is 57.8 Å². The van der Waals surface area contributed by atoms with Gasteiger partial charge in [0, 0.05) is 0 Å². The molecule has 1 rings (SSSR count). The van der Waals surface area contributed by atoms with Crippen LogP contribution in [0.25, 0.3) is 0 Å². The highest BCUT2D eigenvalue weighted by Crippen LogP contribution is 2.27. The predicted octanol–water partition coefficient (Wildman–Crippen LogP) is 12.9. The predicted molar refractivity (Wildman–Crippen MR) is 237 cm³/mol. The number of hydrogen-bond donors (Lipinski definition) is 2. The van der Waals surface area contributed by atoms with Gasteiger partial charge in [-0.2, -0.15) is 0 Å². The van der Waals surface area contributed by atoms with E-state index in [1.54, 1.807) is 6.92 Å². The van der Waals surface area contributed by atoms with Crippen LogP contribution in [0, 0.1) is 10.8 Å². The van der Waals surface area contributed by atoms with Crippen LogP contribution in [0.3, 0.4) is 0 Å². The Hall–Kier alpha value is -1.15. The molecule has 0 spiro atoms. The zero-order chi connectivity index (χ0) is 43.1. The number of methoxy groups -OCH3 is 1. The number of carbonyl (C=O) groups excluding carboxylic acids is 4. The number of hydrogen-bond acceptors (Lipinski definition) is 12. The largest absolute Gasteiger partial charge is 0.511 e. The molecule has 1 saturated heterocycles. The third kappa shape index (κ3) is 41.6. The first-order chi connectivity index (χ1) is 26.6. The number of cyclic esters (lactones) is 2. The Bertz CT molecular complexity index is 956. The summed E-state index contributed by atoms with van der Waals surface area (Å²) in [7, 11) is 1.11. The fraction of sp³-hybridized carbons (Fsp3) is 0.902. The topological polar surface area (TPSA) is 164 Å². The zero-order valence-electron chi connectivity index (χ0n) is 34.5. The van der Waals surface area contributed by atoms with Crippen LogP contribution >= 0.6 is 58.0 Å². The van der Waals surface area contributed by atoms with Crippen molar-refractivity contribution in [1.29, 1.82) is 0 Å². The average molecular weight is 941 g/mol. The molecule has 0 aromatic carbocycles. The van der Waals surface area contributed by atoms with Crippen molar-refractivity contribution in [3.63, 3.8) is 0 Å². The van der Waals surface area contributed by atoms with Crippen LogP contribution in [0.15, 0.2) is 0 Å². The number of ether oxygens (including phenoxy) is 6. The Morgan fingerprint density at radius 2 is 1.00 bits per heavy atom. The van der Waals surface area contributed by atoms with Crippen LogP contribution in [-0.4, -0.2) is 90.5 Å². The second-order valence-corrected chi connectivity index (χ2v) is 17.0. The van der Waals surface area contributed by atoms with E-state index in [1.165, 1.54) is 110 Å². The first-order valence-electron chi connectivity index (χ1n) is 19.9. The molecule has 12 nitrogen and oxygen atoms in total. The lowest BCUT2D eigenvalue weighted by molar-refractivity contribution is -0.166. The molecule has 0 unspecified atom stereocenters. The average Bonchev–Trinajstić information content (AvgIpc) is 3.16. The number of aliphatic hydroxyl groups excluding tert-OH is 2. The second kappa shape index (κ2) is 43.9. The molecule has 0 aromatic heterocycles. The molecular weight excluding hydrogens is 862 g/mol. The number of carbonyl (C=O) groups is 4. The summed E-state index contributed by atoms with van der Waals surface area (Å²) in [6.45, 7) is 7.77. The van der Waals surface area contributed by atoms with E-state index in [1.807, 2.05) is 0 Å². The van der Waals surface area contributed by atoms with Crippen molar-refractivity contribution in [2.45, 2.75) is 175 Å². The molecule has 1 aliphatic rings. The molecule has 0 aliphatic carbocycles. The van der Waals surface area contributed by atoms with E-state index in [-0.39, 0.29) is 52.6 Å². The minimum atomic E-state index is -2.03. The minimum Gasteiger partial charge on any atom is -0.465 e. The van der Waals surface area contributed by atoms with E-state index in [0.29, 0.717) is 13.2 Å². The molecule has 0 bridgehead atoms. The van der Waals surface area contributed by atoms with Crippen LogP contribution in [0.4, 0.5) is 9.59 Å². The summed E-state index contributed by atoms with van der Waals surface area (Å²) in [5.74, 6) is -0.857. The molecule has 58 heavy (non-hydrogen) atoms. The second-order valence-electron chi connectivity index (χ2n) is 14.0. The van der Waals surface area contributed by atoms with Gasteiger partial charge in [0.2, 0.25) is 0 Å². The monoisotopic (exact) mass is 938 g/mol. The number of rotatable bonds is 26. The third-order valence-electron chi connectivity index (χ3n) is 8.53. The lowest BCUT2D eigenvalue weighted by Gasteiger charge is -2.29. The highest BCUT2D eigenvalue weighted by molar-refractivity contribution is 6.66. The molecule has 0 radical (unpaired) electrons. The van der Waals surface area contributed by atoms with Crippen LogP contribution < -0.4 is 0 Å². The van der Waals surface area contributed by atoms with Gasteiger partial charge in [0.15, 0.2) is 0 Å². The van der Waals surface area contributed by atoms with Gasteiger partial charge in [-0.05, 0) is 61.5 Å². The molecule has 1 aliphatic heterocycles. The highest BCUT2D eigenvalue weighted by atomic mass is 35.6. The normalized spacial score (nSPS) is 12.7. The Kier molecular flexibility index (Phi) is 50.0. The number of halogens is 5. The first-order valence-corrected chi connectivity index (χ1v) is 22.1. The van der Waals surface area contributed by atoms with Crippen molar-refractivity contribution in [2.24, 2.45) is 10.8 Å². The van der Waals surface area contributed by atoms with E-state index in [9.17, 15) is 19.2 Å². The molecule has 0 atom stereocenters. The van der Waals surface area contributed by atoms with E-state index < -0.39 is 33.1 Å². The molecule has 1 heterocycles. The van der Waals surface area contributed by atoms with Crippen LogP contribution in [-0.2, 0) is 38.0 Å². The summed E-state index contributed by atoms with van der Waals surface area (Å²) in [5.41, 5.74) is -2.04. The van der Waals surface area contributed by atoms with Crippen molar-refractivity contribution in [3.8, 4) is 0 Å². The van der Waals surface area contributed by atoms with Gasteiger partial charge < -0.3 is 38.6 Å². The molecule has 350 valence electrons. The number of aliphatic hydroxyl groups is 2. The van der Waals surface area contributed by atoms with Gasteiger partial charge in [-0.1, -0.05) is 144 Å². The summed E-state index contributed by atoms with van der Waals surface area (Å²) >= 11 is 24.6. The summed E-state index contributed by atoms with van der Waals surface area (Å²) in [6.07, 6.45) is 23.1. The lowest BCUT2D eigenvalue weighted by atomic mass is 9.93. The molecule has 0 amide bonds. The maximum Gasteiger partial charge on any atom is 0.511 e. The number of unbranched alkanes of at least 4 members (excludes halogenated alkanes) is 18. The highest BCUT2D eigenvalue weighted by Gasteiger charge is 2.41. The van der Waals surface area contributed by atoms with Crippen LogP contribution in [0.5, 0.6) is 0 Å². The lowest BCUT2D eigenvalue weighted by Crippen LogP contribution is -2.44. The minimum absolute atomic E-state index is 0. The van der Waals surface area contributed by atoms with Crippen molar-refractivity contribution in [3.05, 3.63) is 0 Å². The van der Waals surface area contributed by atoms with Gasteiger partial charge in [-0.15, -0.1) is 23.2 Å². The first kappa shape index (κ1) is 66.0. The van der Waals surface area contributed by atoms with Gasteiger partial charge >= 0.3 is 28.2 Å². The van der Waals surface area contributed by atoms with Gasteiger partial charge in [0.1, 0.15) is 24.0 Å². The van der Waals surface area contributed by atoms with Crippen molar-refractivity contribution >= 4 is 82.3 Å². The molecule has 1 fully saturated rings. The van der Waals surface area contributed by atoms with Crippen LogP contribution in [0.1, 0.15) is 171 Å². The van der Waals surface area contributed by atoms with Gasteiger partial charge in [-0.25, -0.2) is 9.59 Å². The van der Waals surface area contributed by atoms with Gasteiger partial charge in [0.05, 0.1) is 38.9 Å². The van der Waals surface area contributed by atoms with E-state index >= 15 is 0 Å². The standard InChI is InChI=1S/C18H32O5.C17H34O4.C3H3Cl3O3.CH2Cl2.2CH4/c1-3-4-5-6-7-8-9-10-11-12-13-21-16(19)18(2)14-22-17(20)23-15-18;1-3-4-5-6-7-8-9-10-11-12-13-21-16(20)17(2,14-18)15-19;1-8-2(7)9-3(4,5)6;2-1-3;;/h3-15H2,1-2H3;18-19H,3-15H2,1-2H3;1H3;1H2;2*1H4. The summed E-state index contributed by atoms with van der Waals surface area (Å²) in [6, 6.07) is 0. The molecule has 17 heteroatoms. The van der Waals surface area contributed by atoms with Crippen LogP contribution in [0.2, 0.25) is 0 Å². The fourth-order valence-corrected chi connectivity index (χ4v) is 5.00. The smallest absolute Gasteiger partial charge is 0.465 e. The SMILES string of the molecule is C.C.CCCCCCCCCCCCOC(=O)C(C)(CO)CO.CCCCCCCCCCCCOC(=O)C1(C)COC(=O)OC1.COC(=O)OC(Cl)(Cl)Cl.ClCCl. The number of esters is 2. The van der Waals surface area contributed by atoms with Gasteiger partial charge in [-0.3, -0.25) is 9.59 Å². The molecular formula is C41H79Cl5O12. The quantitative estimate of drug-likeness (QED) is 0.0366. The van der Waals surface area contributed by atoms with E-state index in [0.717, 1.165) is 32.8 Å². The third-order valence-corrected chi connectivity index (χ3v) is 8.76. The Balaban J connectivity index is -0.000000247. The number of alkyl halides is 5. The maximum absolute atomic E-state index is 12.0. The van der Waals surface area contributed by atoms with Gasteiger partial charge in [0.25, 0.3) is 0 Å². The van der Waals surface area contributed by atoms with E-state index in [4.69, 9.17) is 87.2 Å².